The second-order valence-corrected chi connectivity index (χ2v) is 6.58. The summed E-state index contributed by atoms with van der Waals surface area (Å²) < 4.78 is 11.4. The van der Waals surface area contributed by atoms with Crippen LogP contribution in [0.5, 0.6) is 0 Å². The SMILES string of the molecule is C[C@@H](OC1CCN(C(=O)OC(C)(C)C)CC1)c1cnccn1. The van der Waals surface area contributed by atoms with E-state index in [1.54, 1.807) is 23.5 Å². The fraction of sp³-hybridized carbons (Fsp3) is 0.688. The molecule has 1 fully saturated rings. The van der Waals surface area contributed by atoms with Crippen LogP contribution in [0, 0.1) is 0 Å². The van der Waals surface area contributed by atoms with E-state index in [9.17, 15) is 4.79 Å². The van der Waals surface area contributed by atoms with E-state index in [-0.39, 0.29) is 18.3 Å². The second-order valence-electron chi connectivity index (χ2n) is 6.58. The predicted molar refractivity (Wildman–Crippen MR) is 82.4 cm³/mol. The summed E-state index contributed by atoms with van der Waals surface area (Å²) in [7, 11) is 0. The van der Waals surface area contributed by atoms with E-state index in [4.69, 9.17) is 9.47 Å². The molecule has 6 heteroatoms. The van der Waals surface area contributed by atoms with Gasteiger partial charge in [0.1, 0.15) is 5.60 Å². The van der Waals surface area contributed by atoms with Crippen molar-refractivity contribution in [1.82, 2.24) is 14.9 Å². The lowest BCUT2D eigenvalue weighted by atomic mass is 10.1. The first-order valence-electron chi connectivity index (χ1n) is 7.74. The molecule has 0 N–H and O–H groups in total. The molecule has 1 amide bonds. The Kier molecular flexibility index (Phi) is 5.34. The van der Waals surface area contributed by atoms with Gasteiger partial charge in [0, 0.05) is 25.5 Å². The molecule has 1 aromatic heterocycles. The molecule has 2 rings (SSSR count). The van der Waals surface area contributed by atoms with E-state index in [2.05, 4.69) is 9.97 Å². The summed E-state index contributed by atoms with van der Waals surface area (Å²) in [5, 5.41) is 0. The molecular formula is C16H25N3O3. The Morgan fingerprint density at radius 1 is 1.32 bits per heavy atom. The molecule has 1 saturated heterocycles. The maximum atomic E-state index is 12.0. The molecule has 0 aliphatic carbocycles. The monoisotopic (exact) mass is 307 g/mol. The number of carbonyl (C=O) groups is 1. The smallest absolute Gasteiger partial charge is 0.410 e. The van der Waals surface area contributed by atoms with Gasteiger partial charge in [-0.3, -0.25) is 9.97 Å². The summed E-state index contributed by atoms with van der Waals surface area (Å²) in [6.07, 6.45) is 6.46. The van der Waals surface area contributed by atoms with Gasteiger partial charge in [-0.05, 0) is 40.5 Å². The van der Waals surface area contributed by atoms with Gasteiger partial charge in [-0.15, -0.1) is 0 Å². The molecule has 0 aromatic carbocycles. The third-order valence-corrected chi connectivity index (χ3v) is 3.49. The minimum atomic E-state index is -0.453. The van der Waals surface area contributed by atoms with Crippen LogP contribution in [0.15, 0.2) is 18.6 Å². The van der Waals surface area contributed by atoms with Crippen molar-refractivity contribution in [2.24, 2.45) is 0 Å². The summed E-state index contributed by atoms with van der Waals surface area (Å²) in [6.45, 7) is 8.93. The molecule has 0 saturated carbocycles. The predicted octanol–water partition coefficient (Wildman–Crippen LogP) is 2.95. The topological polar surface area (TPSA) is 64.5 Å². The number of hydrogen-bond acceptors (Lipinski definition) is 5. The van der Waals surface area contributed by atoms with Crippen LogP contribution in [0.25, 0.3) is 0 Å². The van der Waals surface area contributed by atoms with Crippen molar-refractivity contribution in [3.05, 3.63) is 24.3 Å². The van der Waals surface area contributed by atoms with Crippen LogP contribution in [-0.2, 0) is 9.47 Å². The fourth-order valence-corrected chi connectivity index (χ4v) is 2.38. The lowest BCUT2D eigenvalue weighted by molar-refractivity contribution is -0.0424. The van der Waals surface area contributed by atoms with Gasteiger partial charge in [0.2, 0.25) is 0 Å². The Bertz CT molecular complexity index is 479. The summed E-state index contributed by atoms with van der Waals surface area (Å²) in [6, 6.07) is 0. The van der Waals surface area contributed by atoms with Gasteiger partial charge in [-0.25, -0.2) is 4.79 Å². The van der Waals surface area contributed by atoms with Crippen molar-refractivity contribution in [1.29, 1.82) is 0 Å². The highest BCUT2D eigenvalue weighted by Gasteiger charge is 2.28. The van der Waals surface area contributed by atoms with Gasteiger partial charge in [-0.2, -0.15) is 0 Å². The number of amides is 1. The minimum Gasteiger partial charge on any atom is -0.444 e. The fourth-order valence-electron chi connectivity index (χ4n) is 2.38. The van der Waals surface area contributed by atoms with Crippen LogP contribution in [0.1, 0.15) is 52.3 Å². The van der Waals surface area contributed by atoms with Crippen molar-refractivity contribution in [3.8, 4) is 0 Å². The number of rotatable bonds is 3. The minimum absolute atomic E-state index is 0.0909. The van der Waals surface area contributed by atoms with Gasteiger partial charge in [0.15, 0.2) is 0 Å². The molecule has 122 valence electrons. The zero-order chi connectivity index (χ0) is 16.2. The molecule has 1 aromatic rings. The highest BCUT2D eigenvalue weighted by atomic mass is 16.6. The molecule has 2 heterocycles. The van der Waals surface area contributed by atoms with Gasteiger partial charge in [-0.1, -0.05) is 0 Å². The molecular weight excluding hydrogens is 282 g/mol. The first-order chi connectivity index (χ1) is 10.3. The van der Waals surface area contributed by atoms with Crippen LogP contribution in [-0.4, -0.2) is 45.8 Å². The van der Waals surface area contributed by atoms with Crippen LogP contribution < -0.4 is 0 Å². The van der Waals surface area contributed by atoms with E-state index < -0.39 is 5.60 Å². The van der Waals surface area contributed by atoms with E-state index in [1.807, 2.05) is 27.7 Å². The third-order valence-electron chi connectivity index (χ3n) is 3.49. The highest BCUT2D eigenvalue weighted by Crippen LogP contribution is 2.22. The van der Waals surface area contributed by atoms with E-state index in [0.29, 0.717) is 13.1 Å². The Labute approximate surface area is 131 Å². The maximum absolute atomic E-state index is 12.0. The quantitative estimate of drug-likeness (QED) is 0.859. The van der Waals surface area contributed by atoms with Crippen molar-refractivity contribution < 1.29 is 14.3 Å². The van der Waals surface area contributed by atoms with Crippen molar-refractivity contribution in [3.63, 3.8) is 0 Å². The van der Waals surface area contributed by atoms with Gasteiger partial charge >= 0.3 is 6.09 Å². The lowest BCUT2D eigenvalue weighted by Gasteiger charge is -2.34. The third kappa shape index (κ3) is 4.94. The standard InChI is InChI=1S/C16H25N3O3/c1-12(14-11-17-7-8-18-14)21-13-5-9-19(10-6-13)15(20)22-16(2,3)4/h7-8,11-13H,5-6,9-10H2,1-4H3/t12-/m1/s1. The Morgan fingerprint density at radius 3 is 2.55 bits per heavy atom. The molecule has 1 atom stereocenters. The van der Waals surface area contributed by atoms with Crippen LogP contribution in [0.2, 0.25) is 0 Å². The first kappa shape index (κ1) is 16.7. The van der Waals surface area contributed by atoms with Gasteiger partial charge in [0.05, 0.1) is 24.1 Å². The second kappa shape index (κ2) is 7.05. The highest BCUT2D eigenvalue weighted by molar-refractivity contribution is 5.68. The van der Waals surface area contributed by atoms with Crippen LogP contribution >= 0.6 is 0 Å². The number of nitrogens with zero attached hydrogens (tertiary/aromatic N) is 3. The zero-order valence-electron chi connectivity index (χ0n) is 13.8. The molecule has 6 nitrogen and oxygen atoms in total. The number of piperidine rings is 1. The van der Waals surface area contributed by atoms with E-state index >= 15 is 0 Å². The normalized spacial score (nSPS) is 18.1. The molecule has 22 heavy (non-hydrogen) atoms. The Balaban J connectivity index is 1.79. The van der Waals surface area contributed by atoms with Crippen LogP contribution in [0.3, 0.4) is 0 Å². The van der Waals surface area contributed by atoms with Crippen molar-refractivity contribution in [2.75, 3.05) is 13.1 Å². The molecule has 1 aliphatic heterocycles. The van der Waals surface area contributed by atoms with Gasteiger partial charge in [0.25, 0.3) is 0 Å². The van der Waals surface area contributed by atoms with Gasteiger partial charge < -0.3 is 14.4 Å². The number of ether oxygens (including phenoxy) is 2. The molecule has 0 spiro atoms. The average Bonchev–Trinajstić information content (AvgIpc) is 2.47. The molecule has 0 bridgehead atoms. The average molecular weight is 307 g/mol. The van der Waals surface area contributed by atoms with E-state index in [1.165, 1.54) is 0 Å². The summed E-state index contributed by atoms with van der Waals surface area (Å²) in [4.78, 5) is 22.1. The Morgan fingerprint density at radius 2 is 2.00 bits per heavy atom. The van der Waals surface area contributed by atoms with Crippen molar-refractivity contribution >= 4 is 6.09 Å². The Hall–Kier alpha value is -1.69. The van der Waals surface area contributed by atoms with Crippen molar-refractivity contribution in [2.45, 2.75) is 58.3 Å². The number of likely N-dealkylation sites (tertiary alicyclic amines) is 1. The lowest BCUT2D eigenvalue weighted by Crippen LogP contribution is -2.43. The number of aromatic nitrogens is 2. The number of carbonyl (C=O) groups excluding carboxylic acids is 1. The molecule has 0 unspecified atom stereocenters. The summed E-state index contributed by atoms with van der Waals surface area (Å²) >= 11 is 0. The first-order valence-corrected chi connectivity index (χ1v) is 7.74. The van der Waals surface area contributed by atoms with E-state index in [0.717, 1.165) is 18.5 Å². The summed E-state index contributed by atoms with van der Waals surface area (Å²) in [5.41, 5.74) is 0.377. The maximum Gasteiger partial charge on any atom is 0.410 e. The van der Waals surface area contributed by atoms with Crippen LogP contribution in [0.4, 0.5) is 4.79 Å². The number of hydrogen-bond donors (Lipinski definition) is 0. The summed E-state index contributed by atoms with van der Waals surface area (Å²) in [5.74, 6) is 0. The largest absolute Gasteiger partial charge is 0.444 e. The molecule has 1 aliphatic rings. The zero-order valence-corrected chi connectivity index (χ0v) is 13.8. The molecule has 0 radical (unpaired) electrons.